The van der Waals surface area contributed by atoms with Gasteiger partial charge in [-0.15, -0.1) is 0 Å². The van der Waals surface area contributed by atoms with E-state index in [1.807, 2.05) is 30.3 Å². The van der Waals surface area contributed by atoms with Crippen LogP contribution in [0.2, 0.25) is 0 Å². The van der Waals surface area contributed by atoms with E-state index in [0.29, 0.717) is 22.5 Å². The first-order valence-corrected chi connectivity index (χ1v) is 13.3. The maximum Gasteiger partial charge on any atom is 0.262 e. The molecule has 1 saturated heterocycles. The van der Waals surface area contributed by atoms with Crippen molar-refractivity contribution in [3.63, 3.8) is 0 Å². The predicted octanol–water partition coefficient (Wildman–Crippen LogP) is 3.86. The van der Waals surface area contributed by atoms with Gasteiger partial charge in [0.15, 0.2) is 0 Å². The molecule has 0 spiro atoms. The molecule has 210 valence electrons. The summed E-state index contributed by atoms with van der Waals surface area (Å²) >= 11 is 0. The van der Waals surface area contributed by atoms with E-state index in [2.05, 4.69) is 20.7 Å². The molecule has 5 aromatic rings. The second-order valence-corrected chi connectivity index (χ2v) is 10.0. The Morgan fingerprint density at radius 1 is 1.02 bits per heavy atom. The Bertz CT molecular complexity index is 1910. The number of carbonyl (C=O) groups excluding carboxylic acids is 3. The molecule has 1 unspecified atom stereocenters. The summed E-state index contributed by atoms with van der Waals surface area (Å²) < 4.78 is 16.6. The molecule has 0 saturated carbocycles. The van der Waals surface area contributed by atoms with E-state index in [0.717, 1.165) is 5.69 Å². The summed E-state index contributed by atoms with van der Waals surface area (Å²) in [4.78, 5) is 55.5. The van der Waals surface area contributed by atoms with E-state index in [1.165, 1.54) is 16.7 Å². The minimum absolute atomic E-state index is 0.0533. The van der Waals surface area contributed by atoms with Crippen molar-refractivity contribution in [1.82, 2.24) is 24.6 Å². The topological polar surface area (TPSA) is 128 Å². The number of benzene rings is 3. The van der Waals surface area contributed by atoms with Crippen LogP contribution in [0, 0.1) is 12.7 Å². The molecule has 0 aliphatic carbocycles. The standard InChI is InChI=1S/C31H25FN6O4/c1-18-33-29-23(31(42)38(18)25-14-15-26(39)35-30(25)41)8-5-9-24(29)34-27(40)16-20-17-37(22-6-3-2-4-7-22)36-28(20)19-10-12-21(32)13-11-19/h2-13,17,25H,14-16H2,1H3,(H,34,40)(H,35,39,41). The van der Waals surface area contributed by atoms with Gasteiger partial charge in [0, 0.05) is 23.7 Å². The average molecular weight is 565 g/mol. The molecule has 2 aromatic heterocycles. The zero-order valence-corrected chi connectivity index (χ0v) is 22.5. The number of aryl methyl sites for hydroxylation is 1. The zero-order chi connectivity index (χ0) is 29.4. The predicted molar refractivity (Wildman–Crippen MR) is 153 cm³/mol. The largest absolute Gasteiger partial charge is 0.324 e. The van der Waals surface area contributed by atoms with Crippen molar-refractivity contribution in [3.8, 4) is 16.9 Å². The second-order valence-electron chi connectivity index (χ2n) is 10.0. The molecule has 3 aromatic carbocycles. The Balaban J connectivity index is 1.32. The molecule has 0 radical (unpaired) electrons. The fourth-order valence-corrected chi connectivity index (χ4v) is 5.20. The molecule has 0 bridgehead atoms. The third kappa shape index (κ3) is 5.07. The number of amides is 3. The summed E-state index contributed by atoms with van der Waals surface area (Å²) in [6, 6.07) is 19.3. The number of para-hydroxylation sites is 2. The van der Waals surface area contributed by atoms with Crippen molar-refractivity contribution in [1.29, 1.82) is 0 Å². The minimum Gasteiger partial charge on any atom is -0.324 e. The monoisotopic (exact) mass is 564 g/mol. The summed E-state index contributed by atoms with van der Waals surface area (Å²) in [6.07, 6.45) is 2.03. The van der Waals surface area contributed by atoms with Crippen LogP contribution in [0.1, 0.15) is 30.3 Å². The van der Waals surface area contributed by atoms with Gasteiger partial charge in [-0.2, -0.15) is 5.10 Å². The lowest BCUT2D eigenvalue weighted by Crippen LogP contribution is -2.45. The van der Waals surface area contributed by atoms with Crippen LogP contribution >= 0.6 is 0 Å². The van der Waals surface area contributed by atoms with Gasteiger partial charge in [-0.3, -0.25) is 29.1 Å². The van der Waals surface area contributed by atoms with Crippen LogP contribution < -0.4 is 16.2 Å². The van der Waals surface area contributed by atoms with Gasteiger partial charge in [-0.1, -0.05) is 24.3 Å². The van der Waals surface area contributed by atoms with Crippen molar-refractivity contribution in [2.24, 2.45) is 0 Å². The summed E-state index contributed by atoms with van der Waals surface area (Å²) in [5.41, 5.74) is 2.80. The summed E-state index contributed by atoms with van der Waals surface area (Å²) in [6.45, 7) is 1.61. The van der Waals surface area contributed by atoms with Gasteiger partial charge in [-0.05, 0) is 61.9 Å². The molecular formula is C31H25FN6O4. The first-order valence-electron chi connectivity index (χ1n) is 13.3. The van der Waals surface area contributed by atoms with Gasteiger partial charge in [0.2, 0.25) is 17.7 Å². The lowest BCUT2D eigenvalue weighted by Gasteiger charge is -2.24. The highest BCUT2D eigenvalue weighted by Crippen LogP contribution is 2.27. The minimum atomic E-state index is -0.851. The van der Waals surface area contributed by atoms with Crippen LogP contribution in [0.3, 0.4) is 0 Å². The number of anilines is 1. The van der Waals surface area contributed by atoms with E-state index < -0.39 is 17.5 Å². The number of carbonyl (C=O) groups is 3. The average Bonchev–Trinajstić information content (AvgIpc) is 3.39. The van der Waals surface area contributed by atoms with Crippen LogP contribution in [0.15, 0.2) is 83.8 Å². The number of hydrogen-bond donors (Lipinski definition) is 2. The SMILES string of the molecule is Cc1nc2c(NC(=O)Cc3cn(-c4ccccc4)nc3-c3ccc(F)cc3)cccc2c(=O)n1C1CCC(=O)NC1=O. The van der Waals surface area contributed by atoms with Crippen LogP contribution in [0.25, 0.3) is 27.8 Å². The van der Waals surface area contributed by atoms with E-state index in [9.17, 15) is 23.6 Å². The number of aromatic nitrogens is 4. The molecular weight excluding hydrogens is 539 g/mol. The van der Waals surface area contributed by atoms with Crippen molar-refractivity contribution in [3.05, 3.63) is 107 Å². The van der Waals surface area contributed by atoms with Crippen molar-refractivity contribution in [2.75, 3.05) is 5.32 Å². The molecule has 3 heterocycles. The van der Waals surface area contributed by atoms with E-state index in [1.54, 1.807) is 48.1 Å². The highest BCUT2D eigenvalue weighted by molar-refractivity contribution is 6.02. The maximum absolute atomic E-state index is 13.6. The number of nitrogens with zero attached hydrogens (tertiary/aromatic N) is 4. The lowest BCUT2D eigenvalue weighted by atomic mass is 10.0. The van der Waals surface area contributed by atoms with Crippen molar-refractivity contribution >= 4 is 34.3 Å². The number of fused-ring (bicyclic) bond motifs is 1. The number of imide groups is 1. The number of nitrogens with one attached hydrogen (secondary N) is 2. The maximum atomic E-state index is 13.6. The Morgan fingerprint density at radius 3 is 2.52 bits per heavy atom. The molecule has 42 heavy (non-hydrogen) atoms. The third-order valence-electron chi connectivity index (χ3n) is 7.18. The Hall–Kier alpha value is -5.45. The van der Waals surface area contributed by atoms with E-state index in [4.69, 9.17) is 0 Å². The first-order chi connectivity index (χ1) is 20.3. The van der Waals surface area contributed by atoms with Crippen LogP contribution in [-0.4, -0.2) is 37.1 Å². The highest BCUT2D eigenvalue weighted by atomic mass is 19.1. The molecule has 1 aliphatic rings. The molecule has 1 aliphatic heterocycles. The van der Waals surface area contributed by atoms with Crippen LogP contribution in [0.5, 0.6) is 0 Å². The molecule has 1 fully saturated rings. The molecule has 2 N–H and O–H groups in total. The number of piperidine rings is 1. The third-order valence-corrected chi connectivity index (χ3v) is 7.18. The molecule has 11 heteroatoms. The number of hydrogen-bond acceptors (Lipinski definition) is 6. The molecule has 3 amide bonds. The van der Waals surface area contributed by atoms with Gasteiger partial charge in [-0.25, -0.2) is 14.1 Å². The Kier molecular flexibility index (Phi) is 6.91. The summed E-state index contributed by atoms with van der Waals surface area (Å²) in [7, 11) is 0. The van der Waals surface area contributed by atoms with Crippen molar-refractivity contribution < 1.29 is 18.8 Å². The van der Waals surface area contributed by atoms with Gasteiger partial charge in [0.05, 0.1) is 28.9 Å². The molecule has 6 rings (SSSR count). The van der Waals surface area contributed by atoms with E-state index in [-0.39, 0.29) is 53.6 Å². The zero-order valence-electron chi connectivity index (χ0n) is 22.5. The second kappa shape index (κ2) is 10.8. The van der Waals surface area contributed by atoms with Gasteiger partial charge >= 0.3 is 0 Å². The Labute approximate surface area is 238 Å². The normalized spacial score (nSPS) is 15.0. The number of rotatable bonds is 6. The lowest BCUT2D eigenvalue weighted by molar-refractivity contribution is -0.135. The Morgan fingerprint density at radius 2 is 1.79 bits per heavy atom. The van der Waals surface area contributed by atoms with Crippen molar-refractivity contribution in [2.45, 2.75) is 32.2 Å². The quantitative estimate of drug-likeness (QED) is 0.302. The van der Waals surface area contributed by atoms with Gasteiger partial charge in [0.25, 0.3) is 5.56 Å². The fourth-order valence-electron chi connectivity index (χ4n) is 5.20. The summed E-state index contributed by atoms with van der Waals surface area (Å²) in [5, 5.41) is 10.1. The smallest absolute Gasteiger partial charge is 0.262 e. The van der Waals surface area contributed by atoms with Crippen LogP contribution in [-0.2, 0) is 20.8 Å². The molecule has 10 nitrogen and oxygen atoms in total. The fraction of sp³-hybridized carbons (Fsp3) is 0.161. The molecule has 1 atom stereocenters. The van der Waals surface area contributed by atoms with Gasteiger partial charge in [0.1, 0.15) is 23.2 Å². The summed E-state index contributed by atoms with van der Waals surface area (Å²) in [5.74, 6) is -1.39. The number of halogens is 1. The van der Waals surface area contributed by atoms with E-state index >= 15 is 0 Å². The highest BCUT2D eigenvalue weighted by Gasteiger charge is 2.30. The first kappa shape index (κ1) is 26.8. The van der Waals surface area contributed by atoms with Crippen LogP contribution in [0.4, 0.5) is 10.1 Å². The van der Waals surface area contributed by atoms with Gasteiger partial charge < -0.3 is 5.32 Å².